The second kappa shape index (κ2) is 66.6. The molecule has 78 heavy (non-hydrogen) atoms. The van der Waals surface area contributed by atoms with Crippen molar-refractivity contribution in [3.63, 3.8) is 0 Å². The molecule has 0 aromatic carbocycles. The summed E-state index contributed by atoms with van der Waals surface area (Å²) in [6.45, 7) is 6.57. The predicted octanol–water partition coefficient (Wildman–Crippen LogP) is 23.5. The van der Waals surface area contributed by atoms with Gasteiger partial charge in [-0.05, 0) is 83.5 Å². The van der Waals surface area contributed by atoms with Gasteiger partial charge in [0.05, 0.1) is 0 Å². The molecule has 6 nitrogen and oxygen atoms in total. The number of esters is 3. The van der Waals surface area contributed by atoms with Crippen molar-refractivity contribution in [1.29, 1.82) is 0 Å². The van der Waals surface area contributed by atoms with Crippen LogP contribution >= 0.6 is 0 Å². The van der Waals surface area contributed by atoms with Crippen LogP contribution in [0, 0.1) is 0 Å². The molecule has 0 rings (SSSR count). The molecule has 0 fully saturated rings. The lowest BCUT2D eigenvalue weighted by Gasteiger charge is -2.18. The van der Waals surface area contributed by atoms with Crippen LogP contribution in [0.2, 0.25) is 0 Å². The molecule has 0 bridgehead atoms. The van der Waals surface area contributed by atoms with Crippen molar-refractivity contribution >= 4 is 17.9 Å². The second-order valence-corrected chi connectivity index (χ2v) is 23.1. The van der Waals surface area contributed by atoms with Crippen molar-refractivity contribution in [2.45, 2.75) is 367 Å². The monoisotopic (exact) mass is 1090 g/mol. The Morgan fingerprint density at radius 1 is 0.269 bits per heavy atom. The van der Waals surface area contributed by atoms with Gasteiger partial charge >= 0.3 is 17.9 Å². The fraction of sp³-hybridized carbons (Fsp3) is 0.819. The second-order valence-electron chi connectivity index (χ2n) is 23.1. The molecule has 0 aliphatic heterocycles. The van der Waals surface area contributed by atoms with Crippen molar-refractivity contribution in [2.75, 3.05) is 13.2 Å². The minimum atomic E-state index is -0.772. The summed E-state index contributed by atoms with van der Waals surface area (Å²) in [6.07, 6.45) is 85.4. The molecule has 1 atom stereocenters. The minimum absolute atomic E-state index is 0.0696. The molecular weight excluding hydrogens is 961 g/mol. The third-order valence-electron chi connectivity index (χ3n) is 15.3. The first-order valence-corrected chi connectivity index (χ1v) is 34.3. The minimum Gasteiger partial charge on any atom is -0.462 e. The highest BCUT2D eigenvalue weighted by Crippen LogP contribution is 2.18. The Hall–Kier alpha value is -2.89. The van der Waals surface area contributed by atoms with E-state index in [-0.39, 0.29) is 31.1 Å². The molecule has 0 spiro atoms. The molecule has 454 valence electrons. The molecule has 0 radical (unpaired) electrons. The lowest BCUT2D eigenvalue weighted by molar-refractivity contribution is -0.167. The van der Waals surface area contributed by atoms with E-state index in [1.807, 2.05) is 0 Å². The van der Waals surface area contributed by atoms with Crippen LogP contribution in [0.1, 0.15) is 361 Å². The van der Waals surface area contributed by atoms with Crippen molar-refractivity contribution in [3.8, 4) is 0 Å². The van der Waals surface area contributed by atoms with Crippen LogP contribution < -0.4 is 0 Å². The Bertz CT molecular complexity index is 1390. The number of hydrogen-bond acceptors (Lipinski definition) is 6. The van der Waals surface area contributed by atoms with Gasteiger partial charge in [0.15, 0.2) is 6.10 Å². The zero-order valence-electron chi connectivity index (χ0n) is 52.2. The number of unbranched alkanes of at least 4 members (excludes halogenated alkanes) is 42. The van der Waals surface area contributed by atoms with Gasteiger partial charge in [0.25, 0.3) is 0 Å². The third kappa shape index (κ3) is 63.9. The maximum Gasteiger partial charge on any atom is 0.306 e. The smallest absolute Gasteiger partial charge is 0.306 e. The fourth-order valence-corrected chi connectivity index (χ4v) is 10.1. The molecule has 0 aromatic heterocycles. The van der Waals surface area contributed by atoms with Crippen LogP contribution in [0.5, 0.6) is 0 Å². The van der Waals surface area contributed by atoms with Gasteiger partial charge in [0.1, 0.15) is 13.2 Å². The highest BCUT2D eigenvalue weighted by molar-refractivity contribution is 5.71. The summed E-state index contributed by atoms with van der Waals surface area (Å²) in [5.41, 5.74) is 0. The lowest BCUT2D eigenvalue weighted by atomic mass is 10.0. The van der Waals surface area contributed by atoms with Gasteiger partial charge in [-0.3, -0.25) is 14.4 Å². The zero-order valence-corrected chi connectivity index (χ0v) is 52.2. The first kappa shape index (κ1) is 75.1. The maximum absolute atomic E-state index is 12.9. The van der Waals surface area contributed by atoms with Gasteiger partial charge in [-0.2, -0.15) is 0 Å². The van der Waals surface area contributed by atoms with Crippen LogP contribution in [0.25, 0.3) is 0 Å². The summed E-state index contributed by atoms with van der Waals surface area (Å²) in [5.74, 6) is -0.851. The van der Waals surface area contributed by atoms with Crippen LogP contribution in [0.3, 0.4) is 0 Å². The number of allylic oxidation sites excluding steroid dienone is 10. The normalized spacial score (nSPS) is 12.4. The lowest BCUT2D eigenvalue weighted by Crippen LogP contribution is -2.30. The average Bonchev–Trinajstić information content (AvgIpc) is 3.44. The Balaban J connectivity index is 4.17. The van der Waals surface area contributed by atoms with Crippen LogP contribution in [0.15, 0.2) is 60.8 Å². The summed E-state index contributed by atoms with van der Waals surface area (Å²) in [4.78, 5) is 38.3. The summed E-state index contributed by atoms with van der Waals surface area (Å²) in [7, 11) is 0. The number of carbonyl (C=O) groups excluding carboxylic acids is 3. The molecule has 0 aromatic rings. The van der Waals surface area contributed by atoms with Gasteiger partial charge in [-0.25, -0.2) is 0 Å². The standard InChI is InChI=1S/C72H130O6/c1-4-7-10-13-16-19-22-24-26-28-30-32-34-35-36-37-39-40-42-44-46-48-50-53-56-59-62-65-71(74)77-68-69(67-76-70(73)64-61-58-55-52-21-18-15-12-9-6-3)78-72(75)66-63-60-57-54-51-49-47-45-43-41-38-33-31-29-27-25-23-20-17-14-11-8-5-2/h7,10,16,19,24,26,29-32,69H,4-6,8-9,11-15,17-18,20-23,25,27-28,33-68H2,1-3H3/b10-7-,19-16-,26-24-,31-29-,32-30-. The van der Waals surface area contributed by atoms with E-state index in [1.165, 1.54) is 238 Å². The summed E-state index contributed by atoms with van der Waals surface area (Å²) < 4.78 is 16.9. The highest BCUT2D eigenvalue weighted by Gasteiger charge is 2.19. The van der Waals surface area contributed by atoms with E-state index in [0.717, 1.165) is 83.5 Å². The van der Waals surface area contributed by atoms with E-state index in [9.17, 15) is 14.4 Å². The van der Waals surface area contributed by atoms with Gasteiger partial charge in [0, 0.05) is 19.3 Å². The molecule has 1 unspecified atom stereocenters. The number of ether oxygens (including phenoxy) is 3. The molecule has 0 amide bonds. The predicted molar refractivity (Wildman–Crippen MR) is 339 cm³/mol. The first-order chi connectivity index (χ1) is 38.5. The Labute approximate surface area is 485 Å². The number of hydrogen-bond donors (Lipinski definition) is 0. The highest BCUT2D eigenvalue weighted by atomic mass is 16.6. The van der Waals surface area contributed by atoms with E-state index in [0.29, 0.717) is 19.3 Å². The maximum atomic E-state index is 12.9. The molecule has 0 aliphatic rings. The van der Waals surface area contributed by atoms with Gasteiger partial charge in [0.2, 0.25) is 0 Å². The fourth-order valence-electron chi connectivity index (χ4n) is 10.1. The van der Waals surface area contributed by atoms with Crippen molar-refractivity contribution in [2.24, 2.45) is 0 Å². The van der Waals surface area contributed by atoms with Crippen LogP contribution in [-0.4, -0.2) is 37.2 Å². The van der Waals surface area contributed by atoms with Crippen LogP contribution in [0.4, 0.5) is 0 Å². The van der Waals surface area contributed by atoms with E-state index >= 15 is 0 Å². The van der Waals surface area contributed by atoms with Crippen molar-refractivity contribution in [1.82, 2.24) is 0 Å². The summed E-state index contributed by atoms with van der Waals surface area (Å²) in [5, 5.41) is 0. The molecule has 0 aliphatic carbocycles. The summed E-state index contributed by atoms with van der Waals surface area (Å²) in [6, 6.07) is 0. The van der Waals surface area contributed by atoms with Crippen molar-refractivity contribution < 1.29 is 28.6 Å². The first-order valence-electron chi connectivity index (χ1n) is 34.3. The van der Waals surface area contributed by atoms with E-state index in [4.69, 9.17) is 14.2 Å². The molecule has 0 saturated heterocycles. The summed E-state index contributed by atoms with van der Waals surface area (Å²) >= 11 is 0. The molecule has 0 saturated carbocycles. The average molecular weight is 1090 g/mol. The Morgan fingerprint density at radius 2 is 0.500 bits per heavy atom. The third-order valence-corrected chi connectivity index (χ3v) is 15.3. The Morgan fingerprint density at radius 3 is 0.795 bits per heavy atom. The molecular formula is C72H130O6. The molecule has 0 N–H and O–H groups in total. The number of carbonyl (C=O) groups is 3. The topological polar surface area (TPSA) is 78.9 Å². The van der Waals surface area contributed by atoms with E-state index in [2.05, 4.69) is 81.5 Å². The quantitative estimate of drug-likeness (QED) is 0.0261. The van der Waals surface area contributed by atoms with Crippen molar-refractivity contribution in [3.05, 3.63) is 60.8 Å². The largest absolute Gasteiger partial charge is 0.462 e. The number of rotatable bonds is 63. The van der Waals surface area contributed by atoms with E-state index < -0.39 is 6.10 Å². The van der Waals surface area contributed by atoms with Crippen LogP contribution in [-0.2, 0) is 28.6 Å². The Kier molecular flexibility index (Phi) is 64.2. The molecule has 0 heterocycles. The molecule has 6 heteroatoms. The zero-order chi connectivity index (χ0) is 56.4. The van der Waals surface area contributed by atoms with Gasteiger partial charge in [-0.1, -0.05) is 319 Å². The van der Waals surface area contributed by atoms with Gasteiger partial charge in [-0.15, -0.1) is 0 Å². The van der Waals surface area contributed by atoms with E-state index in [1.54, 1.807) is 0 Å². The SMILES string of the molecule is CC/C=C\C/C=C\C/C=C\C/C=C\CCCCCCCCCCCCCCCCC(=O)OCC(COC(=O)CCCCCCCCCCCC)OC(=O)CCCCCCCCCCCCC/C=C\CCCCCCCCCC. The van der Waals surface area contributed by atoms with Gasteiger partial charge < -0.3 is 14.2 Å².